The van der Waals surface area contributed by atoms with Crippen molar-refractivity contribution in [3.8, 4) is 0 Å². The Kier molecular flexibility index (Phi) is 5.10. The molecule has 19 heavy (non-hydrogen) atoms. The number of nitrogens with one attached hydrogen (secondary N) is 1. The van der Waals surface area contributed by atoms with Gasteiger partial charge < -0.3 is 19.7 Å². The third kappa shape index (κ3) is 3.91. The molecule has 2 bridgehead atoms. The lowest BCUT2D eigenvalue weighted by atomic mass is 9.94. The fraction of sp³-hybridized carbons (Fsp3) is 1.00. The first-order valence-electron chi connectivity index (χ1n) is 8.07. The zero-order valence-corrected chi connectivity index (χ0v) is 12.0. The van der Waals surface area contributed by atoms with Crippen LogP contribution in [0.3, 0.4) is 0 Å². The van der Waals surface area contributed by atoms with Gasteiger partial charge in [-0.05, 0) is 57.7 Å². The number of fused-ring (bicyclic) bond motifs is 2. The van der Waals surface area contributed by atoms with Gasteiger partial charge >= 0.3 is 0 Å². The SMILES string of the molecule is C(CNC1CCN2CCC1C2)COCC1CCCO1. The molecule has 0 saturated carbocycles. The molecule has 4 heteroatoms. The molecule has 3 aliphatic heterocycles. The van der Waals surface area contributed by atoms with Crippen LogP contribution >= 0.6 is 0 Å². The standard InChI is InChI=1S/C15H28N2O2/c1-3-14(19-10-1)12-18-9-2-6-16-15-5-8-17-7-4-13(15)11-17/h13-16H,1-12H2. The lowest BCUT2D eigenvalue weighted by Gasteiger charge is -2.31. The molecule has 3 aliphatic rings. The average Bonchev–Trinajstić information content (AvgIpc) is 3.06. The van der Waals surface area contributed by atoms with Crippen LogP contribution in [0.25, 0.3) is 0 Å². The van der Waals surface area contributed by atoms with Crippen LogP contribution in [0.4, 0.5) is 0 Å². The molecule has 0 aliphatic carbocycles. The molecule has 4 atom stereocenters. The van der Waals surface area contributed by atoms with E-state index in [0.29, 0.717) is 6.10 Å². The highest BCUT2D eigenvalue weighted by molar-refractivity contribution is 4.90. The summed E-state index contributed by atoms with van der Waals surface area (Å²) in [6.07, 6.45) is 6.61. The summed E-state index contributed by atoms with van der Waals surface area (Å²) in [4.78, 5) is 2.60. The molecule has 0 aromatic carbocycles. The second-order valence-electron chi connectivity index (χ2n) is 6.26. The summed E-state index contributed by atoms with van der Waals surface area (Å²) in [6.45, 7) is 7.64. The predicted molar refractivity (Wildman–Crippen MR) is 75.4 cm³/mol. The third-order valence-electron chi connectivity index (χ3n) is 4.83. The zero-order chi connectivity index (χ0) is 12.9. The molecule has 4 nitrogen and oxygen atoms in total. The molecule has 3 heterocycles. The third-order valence-corrected chi connectivity index (χ3v) is 4.83. The first-order chi connectivity index (χ1) is 9.42. The van der Waals surface area contributed by atoms with Crippen molar-refractivity contribution < 1.29 is 9.47 Å². The molecule has 1 N–H and O–H groups in total. The predicted octanol–water partition coefficient (Wildman–Crippen LogP) is 1.26. The van der Waals surface area contributed by atoms with Crippen molar-refractivity contribution in [1.82, 2.24) is 10.2 Å². The molecule has 0 aromatic heterocycles. The fourth-order valence-electron chi connectivity index (χ4n) is 3.67. The Labute approximate surface area is 116 Å². The van der Waals surface area contributed by atoms with Gasteiger partial charge in [-0.2, -0.15) is 0 Å². The van der Waals surface area contributed by atoms with Crippen LogP contribution < -0.4 is 5.32 Å². The van der Waals surface area contributed by atoms with Crippen LogP contribution in [0.15, 0.2) is 0 Å². The van der Waals surface area contributed by atoms with Gasteiger partial charge in [0.05, 0.1) is 12.7 Å². The van der Waals surface area contributed by atoms with Crippen LogP contribution in [-0.2, 0) is 9.47 Å². The van der Waals surface area contributed by atoms with E-state index in [1.54, 1.807) is 0 Å². The summed E-state index contributed by atoms with van der Waals surface area (Å²) in [5, 5.41) is 3.74. The number of hydrogen-bond acceptors (Lipinski definition) is 4. The van der Waals surface area contributed by atoms with E-state index in [9.17, 15) is 0 Å². The van der Waals surface area contributed by atoms with Gasteiger partial charge in [-0.3, -0.25) is 0 Å². The minimum Gasteiger partial charge on any atom is -0.379 e. The van der Waals surface area contributed by atoms with Gasteiger partial charge in [0.15, 0.2) is 0 Å². The highest BCUT2D eigenvalue weighted by atomic mass is 16.5. The van der Waals surface area contributed by atoms with E-state index in [0.717, 1.165) is 44.7 Å². The maximum absolute atomic E-state index is 5.70. The van der Waals surface area contributed by atoms with E-state index in [1.807, 2.05) is 0 Å². The number of ether oxygens (including phenoxy) is 2. The fourth-order valence-corrected chi connectivity index (χ4v) is 3.67. The van der Waals surface area contributed by atoms with Gasteiger partial charge in [0.25, 0.3) is 0 Å². The minimum absolute atomic E-state index is 0.371. The van der Waals surface area contributed by atoms with Gasteiger partial charge in [0, 0.05) is 25.8 Å². The molecule has 4 unspecified atom stereocenters. The molecule has 110 valence electrons. The van der Waals surface area contributed by atoms with Crippen molar-refractivity contribution in [2.75, 3.05) is 46.0 Å². The van der Waals surface area contributed by atoms with Gasteiger partial charge in [0.1, 0.15) is 0 Å². The van der Waals surface area contributed by atoms with E-state index >= 15 is 0 Å². The zero-order valence-electron chi connectivity index (χ0n) is 12.0. The Morgan fingerprint density at radius 2 is 2.16 bits per heavy atom. The minimum atomic E-state index is 0.371. The second-order valence-corrected chi connectivity index (χ2v) is 6.26. The Balaban J connectivity index is 1.21. The molecule has 0 aromatic rings. The Morgan fingerprint density at radius 1 is 1.21 bits per heavy atom. The molecule has 0 amide bonds. The highest BCUT2D eigenvalue weighted by Gasteiger charge is 2.33. The average molecular weight is 268 g/mol. The molecule has 3 saturated heterocycles. The van der Waals surface area contributed by atoms with Gasteiger partial charge in [-0.1, -0.05) is 0 Å². The lowest BCUT2D eigenvalue weighted by Crippen LogP contribution is -2.44. The van der Waals surface area contributed by atoms with Gasteiger partial charge in [-0.15, -0.1) is 0 Å². The first kappa shape index (κ1) is 13.8. The Hall–Kier alpha value is -0.160. The summed E-state index contributed by atoms with van der Waals surface area (Å²) in [7, 11) is 0. The van der Waals surface area contributed by atoms with E-state index < -0.39 is 0 Å². The molecular weight excluding hydrogens is 240 g/mol. The monoisotopic (exact) mass is 268 g/mol. The van der Waals surface area contributed by atoms with Gasteiger partial charge in [0.2, 0.25) is 0 Å². The number of nitrogens with zero attached hydrogens (tertiary/aromatic N) is 1. The van der Waals surface area contributed by atoms with Crippen molar-refractivity contribution in [2.24, 2.45) is 5.92 Å². The van der Waals surface area contributed by atoms with Crippen molar-refractivity contribution >= 4 is 0 Å². The van der Waals surface area contributed by atoms with Crippen molar-refractivity contribution in [3.63, 3.8) is 0 Å². The van der Waals surface area contributed by atoms with Crippen molar-refractivity contribution in [3.05, 3.63) is 0 Å². The van der Waals surface area contributed by atoms with Crippen molar-refractivity contribution in [2.45, 2.75) is 44.2 Å². The Morgan fingerprint density at radius 3 is 3.05 bits per heavy atom. The summed E-state index contributed by atoms with van der Waals surface area (Å²) in [5.74, 6) is 0.904. The highest BCUT2D eigenvalue weighted by Crippen LogP contribution is 2.26. The van der Waals surface area contributed by atoms with Crippen LogP contribution in [0.2, 0.25) is 0 Å². The van der Waals surface area contributed by atoms with Gasteiger partial charge in [-0.25, -0.2) is 0 Å². The van der Waals surface area contributed by atoms with Crippen LogP contribution in [-0.4, -0.2) is 63.0 Å². The summed E-state index contributed by atoms with van der Waals surface area (Å²) < 4.78 is 11.2. The maximum Gasteiger partial charge on any atom is 0.0809 e. The molecule has 3 fully saturated rings. The summed E-state index contributed by atoms with van der Waals surface area (Å²) in [6, 6.07) is 0.761. The topological polar surface area (TPSA) is 33.7 Å². The maximum atomic E-state index is 5.70. The van der Waals surface area contributed by atoms with Crippen LogP contribution in [0, 0.1) is 5.92 Å². The van der Waals surface area contributed by atoms with E-state index in [2.05, 4.69) is 10.2 Å². The largest absolute Gasteiger partial charge is 0.379 e. The molecule has 0 spiro atoms. The number of hydrogen-bond donors (Lipinski definition) is 1. The quantitative estimate of drug-likeness (QED) is 0.705. The molecular formula is C15H28N2O2. The van der Waals surface area contributed by atoms with Crippen molar-refractivity contribution in [1.29, 1.82) is 0 Å². The normalized spacial score (nSPS) is 37.9. The van der Waals surface area contributed by atoms with E-state index in [-0.39, 0.29) is 0 Å². The first-order valence-corrected chi connectivity index (χ1v) is 8.07. The van der Waals surface area contributed by atoms with E-state index in [1.165, 1.54) is 45.3 Å². The number of rotatable bonds is 7. The second kappa shape index (κ2) is 7.02. The smallest absolute Gasteiger partial charge is 0.0809 e. The summed E-state index contributed by atoms with van der Waals surface area (Å²) in [5.41, 5.74) is 0. The number of piperidine rings is 1. The Bertz CT molecular complexity index is 269. The van der Waals surface area contributed by atoms with Crippen LogP contribution in [0.5, 0.6) is 0 Å². The lowest BCUT2D eigenvalue weighted by molar-refractivity contribution is 0.0163. The van der Waals surface area contributed by atoms with Crippen LogP contribution in [0.1, 0.15) is 32.1 Å². The molecule has 0 radical (unpaired) electrons. The summed E-state index contributed by atoms with van der Waals surface area (Å²) >= 11 is 0. The van der Waals surface area contributed by atoms with E-state index in [4.69, 9.17) is 9.47 Å². The molecule has 3 rings (SSSR count).